The minimum atomic E-state index is 0.343. The molecule has 2 aromatic rings. The molecule has 124 valence electrons. The molecule has 0 unspecified atom stereocenters. The average Bonchev–Trinajstić information content (AvgIpc) is 3.08. The highest BCUT2D eigenvalue weighted by Crippen LogP contribution is 2.31. The molecular weight excluding hydrogens is 290 g/mol. The standard InChI is InChI=1S/C18H25N3O2/c1-13-16-12-19-20-17(16)6-7-18(13)23-15-4-2-14(3-5-15)21-8-10-22-11-9-21/h6-7,12,14-15H,2-5,8-11H2,1H3,(H,19,20). The van der Waals surface area contributed by atoms with Gasteiger partial charge in [-0.1, -0.05) is 0 Å². The number of nitrogens with one attached hydrogen (secondary N) is 1. The number of fused-ring (bicyclic) bond motifs is 1. The van der Waals surface area contributed by atoms with Crippen LogP contribution in [0.1, 0.15) is 31.2 Å². The quantitative estimate of drug-likeness (QED) is 0.946. The zero-order valence-corrected chi connectivity index (χ0v) is 13.8. The first-order valence-electron chi connectivity index (χ1n) is 8.72. The summed E-state index contributed by atoms with van der Waals surface area (Å²) in [4.78, 5) is 2.60. The van der Waals surface area contributed by atoms with Crippen molar-refractivity contribution in [1.82, 2.24) is 15.1 Å². The van der Waals surface area contributed by atoms with Gasteiger partial charge in [-0.2, -0.15) is 5.10 Å². The third-order valence-corrected chi connectivity index (χ3v) is 5.34. The van der Waals surface area contributed by atoms with Gasteiger partial charge in [-0.05, 0) is 44.7 Å². The minimum Gasteiger partial charge on any atom is -0.490 e. The molecule has 4 rings (SSSR count). The summed E-state index contributed by atoms with van der Waals surface area (Å²) in [6, 6.07) is 4.85. The van der Waals surface area contributed by atoms with Gasteiger partial charge in [0.15, 0.2) is 0 Å². The Kier molecular flexibility index (Phi) is 4.23. The first-order valence-corrected chi connectivity index (χ1v) is 8.72. The second-order valence-electron chi connectivity index (χ2n) is 6.72. The number of benzene rings is 1. The number of rotatable bonds is 3. The number of aromatic amines is 1. The van der Waals surface area contributed by atoms with Crippen LogP contribution >= 0.6 is 0 Å². The molecule has 2 heterocycles. The zero-order chi connectivity index (χ0) is 15.6. The molecule has 1 aromatic carbocycles. The van der Waals surface area contributed by atoms with Crippen LogP contribution in [0.5, 0.6) is 5.75 Å². The summed E-state index contributed by atoms with van der Waals surface area (Å²) in [7, 11) is 0. The number of hydrogen-bond donors (Lipinski definition) is 1. The van der Waals surface area contributed by atoms with Crippen LogP contribution in [0.2, 0.25) is 0 Å². The summed E-state index contributed by atoms with van der Waals surface area (Å²) in [6.07, 6.45) is 6.98. The maximum atomic E-state index is 6.31. The van der Waals surface area contributed by atoms with Crippen molar-refractivity contribution in [3.05, 3.63) is 23.9 Å². The largest absolute Gasteiger partial charge is 0.490 e. The van der Waals surface area contributed by atoms with Crippen LogP contribution < -0.4 is 4.74 Å². The van der Waals surface area contributed by atoms with Gasteiger partial charge in [0.1, 0.15) is 5.75 Å². The van der Waals surface area contributed by atoms with E-state index in [1.165, 1.54) is 18.4 Å². The molecule has 1 saturated carbocycles. The van der Waals surface area contributed by atoms with Crippen LogP contribution in [0.15, 0.2) is 18.3 Å². The first kappa shape index (κ1) is 15.0. The molecule has 0 radical (unpaired) electrons. The highest BCUT2D eigenvalue weighted by molar-refractivity contribution is 5.83. The van der Waals surface area contributed by atoms with Crippen LogP contribution in [0.25, 0.3) is 10.9 Å². The number of morpholine rings is 1. The first-order chi connectivity index (χ1) is 11.3. The van der Waals surface area contributed by atoms with E-state index in [0.29, 0.717) is 6.10 Å². The Morgan fingerprint density at radius 2 is 1.96 bits per heavy atom. The molecule has 5 nitrogen and oxygen atoms in total. The molecule has 0 atom stereocenters. The van der Waals surface area contributed by atoms with Gasteiger partial charge in [-0.15, -0.1) is 0 Å². The van der Waals surface area contributed by atoms with Gasteiger partial charge in [-0.25, -0.2) is 0 Å². The van der Waals surface area contributed by atoms with Gasteiger partial charge >= 0.3 is 0 Å². The molecule has 0 amide bonds. The van der Waals surface area contributed by atoms with Gasteiger partial charge in [0, 0.05) is 30.1 Å². The monoisotopic (exact) mass is 315 g/mol. The lowest BCUT2D eigenvalue weighted by molar-refractivity contribution is -0.00107. The van der Waals surface area contributed by atoms with Gasteiger partial charge in [0.05, 0.1) is 31.0 Å². The van der Waals surface area contributed by atoms with Crippen LogP contribution in [0.3, 0.4) is 0 Å². The van der Waals surface area contributed by atoms with Crippen molar-refractivity contribution < 1.29 is 9.47 Å². The fraction of sp³-hybridized carbons (Fsp3) is 0.611. The lowest BCUT2D eigenvalue weighted by atomic mass is 9.91. The van der Waals surface area contributed by atoms with E-state index in [0.717, 1.165) is 61.8 Å². The topological polar surface area (TPSA) is 50.4 Å². The Balaban J connectivity index is 1.37. The summed E-state index contributed by atoms with van der Waals surface area (Å²) in [5.74, 6) is 1.01. The fourth-order valence-electron chi connectivity index (χ4n) is 3.92. The van der Waals surface area contributed by atoms with Gasteiger partial charge < -0.3 is 9.47 Å². The van der Waals surface area contributed by atoms with Crippen LogP contribution in [0, 0.1) is 6.92 Å². The van der Waals surface area contributed by atoms with E-state index in [-0.39, 0.29) is 0 Å². The molecule has 1 N–H and O–H groups in total. The Bertz CT molecular complexity index is 655. The average molecular weight is 315 g/mol. The molecule has 1 aromatic heterocycles. The smallest absolute Gasteiger partial charge is 0.123 e. The van der Waals surface area contributed by atoms with E-state index in [1.54, 1.807) is 0 Å². The Labute approximate surface area is 136 Å². The number of H-pyrrole nitrogens is 1. The predicted octanol–water partition coefficient (Wildman–Crippen LogP) is 2.89. The van der Waals surface area contributed by atoms with Crippen molar-refractivity contribution >= 4 is 10.9 Å². The normalized spacial score (nSPS) is 26.5. The van der Waals surface area contributed by atoms with Crippen molar-refractivity contribution in [1.29, 1.82) is 0 Å². The number of aromatic nitrogens is 2. The maximum absolute atomic E-state index is 6.31. The van der Waals surface area contributed by atoms with Gasteiger partial charge in [0.2, 0.25) is 0 Å². The maximum Gasteiger partial charge on any atom is 0.123 e. The van der Waals surface area contributed by atoms with Crippen LogP contribution in [0.4, 0.5) is 0 Å². The molecule has 1 saturated heterocycles. The second kappa shape index (κ2) is 6.49. The third kappa shape index (κ3) is 3.08. The molecular formula is C18H25N3O2. The molecule has 5 heteroatoms. The molecule has 0 bridgehead atoms. The summed E-state index contributed by atoms with van der Waals surface area (Å²) in [5.41, 5.74) is 2.26. The van der Waals surface area contributed by atoms with Crippen molar-refractivity contribution in [3.8, 4) is 5.75 Å². The third-order valence-electron chi connectivity index (χ3n) is 5.34. The molecule has 1 aliphatic heterocycles. The number of ether oxygens (including phenoxy) is 2. The van der Waals surface area contributed by atoms with Crippen LogP contribution in [-0.2, 0) is 4.74 Å². The fourth-order valence-corrected chi connectivity index (χ4v) is 3.92. The summed E-state index contributed by atoms with van der Waals surface area (Å²) in [6.45, 7) is 6.08. The summed E-state index contributed by atoms with van der Waals surface area (Å²) < 4.78 is 11.8. The predicted molar refractivity (Wildman–Crippen MR) is 89.9 cm³/mol. The Hall–Kier alpha value is -1.59. The summed E-state index contributed by atoms with van der Waals surface area (Å²) >= 11 is 0. The molecule has 2 aliphatic rings. The van der Waals surface area contributed by atoms with E-state index in [4.69, 9.17) is 9.47 Å². The highest BCUT2D eigenvalue weighted by Gasteiger charge is 2.28. The number of nitrogens with zero attached hydrogens (tertiary/aromatic N) is 2. The van der Waals surface area contributed by atoms with E-state index in [1.807, 2.05) is 6.20 Å². The van der Waals surface area contributed by atoms with Crippen LogP contribution in [-0.4, -0.2) is 53.5 Å². The van der Waals surface area contributed by atoms with E-state index in [9.17, 15) is 0 Å². The zero-order valence-electron chi connectivity index (χ0n) is 13.8. The van der Waals surface area contributed by atoms with Gasteiger partial charge in [0.25, 0.3) is 0 Å². The highest BCUT2D eigenvalue weighted by atomic mass is 16.5. The number of aryl methyl sites for hydroxylation is 1. The van der Waals surface area contributed by atoms with Crippen molar-refractivity contribution in [2.45, 2.75) is 44.8 Å². The van der Waals surface area contributed by atoms with E-state index >= 15 is 0 Å². The minimum absolute atomic E-state index is 0.343. The Morgan fingerprint density at radius 1 is 1.17 bits per heavy atom. The molecule has 2 fully saturated rings. The second-order valence-corrected chi connectivity index (χ2v) is 6.72. The van der Waals surface area contributed by atoms with E-state index < -0.39 is 0 Å². The summed E-state index contributed by atoms with van der Waals surface area (Å²) in [5, 5.41) is 8.28. The molecule has 23 heavy (non-hydrogen) atoms. The van der Waals surface area contributed by atoms with Gasteiger partial charge in [-0.3, -0.25) is 10.00 Å². The molecule has 1 aliphatic carbocycles. The SMILES string of the molecule is Cc1c(OC2CCC(N3CCOCC3)CC2)ccc2[nH]ncc12. The lowest BCUT2D eigenvalue weighted by Crippen LogP contribution is -2.46. The molecule has 0 spiro atoms. The van der Waals surface area contributed by atoms with Crippen molar-refractivity contribution in [2.75, 3.05) is 26.3 Å². The van der Waals surface area contributed by atoms with E-state index in [2.05, 4.69) is 34.2 Å². The number of hydrogen-bond acceptors (Lipinski definition) is 4. The Morgan fingerprint density at radius 3 is 2.74 bits per heavy atom. The van der Waals surface area contributed by atoms with Crippen molar-refractivity contribution in [2.24, 2.45) is 0 Å². The van der Waals surface area contributed by atoms with Crippen molar-refractivity contribution in [3.63, 3.8) is 0 Å². The lowest BCUT2D eigenvalue weighted by Gasteiger charge is -2.38.